The number of thiophene rings is 1. The highest BCUT2D eigenvalue weighted by Gasteiger charge is 2.19. The standard InChI is InChI=1S/C14H17N3O3S/c18-13(6-10-3-4-19-9-10)15-8-12-16-14(20-17-12)7-11-2-1-5-21-11/h1-2,5,10H,3-4,6-9H2,(H,15,18). The van der Waals surface area contributed by atoms with Crippen LogP contribution in [-0.4, -0.2) is 29.3 Å². The van der Waals surface area contributed by atoms with E-state index >= 15 is 0 Å². The van der Waals surface area contributed by atoms with E-state index < -0.39 is 0 Å². The second-order valence-corrected chi connectivity index (χ2v) is 6.10. The average molecular weight is 307 g/mol. The highest BCUT2D eigenvalue weighted by molar-refractivity contribution is 7.09. The van der Waals surface area contributed by atoms with Gasteiger partial charge in [0.15, 0.2) is 5.82 Å². The number of rotatable bonds is 6. The largest absolute Gasteiger partial charge is 0.381 e. The third kappa shape index (κ3) is 4.12. The summed E-state index contributed by atoms with van der Waals surface area (Å²) in [6.07, 6.45) is 2.10. The topological polar surface area (TPSA) is 77.2 Å². The van der Waals surface area contributed by atoms with Crippen molar-refractivity contribution in [2.75, 3.05) is 13.2 Å². The molecule has 1 aliphatic rings. The molecule has 1 aliphatic heterocycles. The summed E-state index contributed by atoms with van der Waals surface area (Å²) in [5.74, 6) is 1.43. The summed E-state index contributed by atoms with van der Waals surface area (Å²) in [7, 11) is 0. The Morgan fingerprint density at radius 1 is 1.52 bits per heavy atom. The highest BCUT2D eigenvalue weighted by atomic mass is 32.1. The maximum Gasteiger partial charge on any atom is 0.231 e. The normalized spacial score (nSPS) is 18.0. The van der Waals surface area contributed by atoms with Crippen molar-refractivity contribution in [3.8, 4) is 0 Å². The van der Waals surface area contributed by atoms with Gasteiger partial charge in [0.2, 0.25) is 11.8 Å². The molecule has 112 valence electrons. The van der Waals surface area contributed by atoms with Gasteiger partial charge in [-0.3, -0.25) is 4.79 Å². The summed E-state index contributed by atoms with van der Waals surface area (Å²) in [5, 5.41) is 8.71. The first-order valence-electron chi connectivity index (χ1n) is 6.98. The third-order valence-electron chi connectivity index (χ3n) is 3.36. The van der Waals surface area contributed by atoms with Gasteiger partial charge < -0.3 is 14.6 Å². The van der Waals surface area contributed by atoms with Crippen LogP contribution in [0.4, 0.5) is 0 Å². The summed E-state index contributed by atoms with van der Waals surface area (Å²) >= 11 is 1.65. The van der Waals surface area contributed by atoms with Crippen molar-refractivity contribution in [2.24, 2.45) is 5.92 Å². The molecule has 1 atom stereocenters. The van der Waals surface area contributed by atoms with Gasteiger partial charge in [-0.15, -0.1) is 11.3 Å². The minimum atomic E-state index is 0.00936. The fraction of sp³-hybridized carbons (Fsp3) is 0.500. The molecular formula is C14H17N3O3S. The lowest BCUT2D eigenvalue weighted by molar-refractivity contribution is -0.122. The number of nitrogens with zero attached hydrogens (tertiary/aromatic N) is 2. The lowest BCUT2D eigenvalue weighted by atomic mass is 10.1. The third-order valence-corrected chi connectivity index (χ3v) is 4.23. The Hall–Kier alpha value is -1.73. The molecule has 1 amide bonds. The first-order valence-corrected chi connectivity index (χ1v) is 7.86. The molecule has 0 bridgehead atoms. The fourth-order valence-electron chi connectivity index (χ4n) is 2.25. The second kappa shape index (κ2) is 6.82. The summed E-state index contributed by atoms with van der Waals surface area (Å²) in [5.41, 5.74) is 0. The van der Waals surface area contributed by atoms with Crippen LogP contribution in [0.2, 0.25) is 0 Å². The quantitative estimate of drug-likeness (QED) is 0.880. The van der Waals surface area contributed by atoms with Crippen LogP contribution < -0.4 is 5.32 Å². The van der Waals surface area contributed by atoms with Crippen LogP contribution in [-0.2, 0) is 22.5 Å². The van der Waals surface area contributed by atoms with Crippen molar-refractivity contribution < 1.29 is 14.1 Å². The van der Waals surface area contributed by atoms with E-state index in [-0.39, 0.29) is 5.91 Å². The van der Waals surface area contributed by atoms with E-state index in [1.165, 1.54) is 4.88 Å². The van der Waals surface area contributed by atoms with E-state index in [1.807, 2.05) is 17.5 Å². The smallest absolute Gasteiger partial charge is 0.231 e. The molecule has 2 aromatic heterocycles. The number of ether oxygens (including phenoxy) is 1. The molecule has 1 N–H and O–H groups in total. The molecule has 3 heterocycles. The molecule has 3 rings (SSSR count). The SMILES string of the molecule is O=C(CC1CCOC1)NCc1noc(Cc2cccs2)n1. The number of amides is 1. The zero-order chi connectivity index (χ0) is 14.5. The van der Waals surface area contributed by atoms with Crippen molar-refractivity contribution in [3.05, 3.63) is 34.1 Å². The summed E-state index contributed by atoms with van der Waals surface area (Å²) < 4.78 is 10.4. The predicted octanol–water partition coefficient (Wildman–Crippen LogP) is 1.76. The number of nitrogens with one attached hydrogen (secondary N) is 1. The predicted molar refractivity (Wildman–Crippen MR) is 76.8 cm³/mol. The molecule has 0 saturated carbocycles. The van der Waals surface area contributed by atoms with E-state index in [4.69, 9.17) is 9.26 Å². The van der Waals surface area contributed by atoms with E-state index in [9.17, 15) is 4.79 Å². The van der Waals surface area contributed by atoms with Gasteiger partial charge in [0.25, 0.3) is 0 Å². The van der Waals surface area contributed by atoms with Gasteiger partial charge >= 0.3 is 0 Å². The van der Waals surface area contributed by atoms with Crippen molar-refractivity contribution in [2.45, 2.75) is 25.8 Å². The van der Waals surface area contributed by atoms with Crippen LogP contribution in [0.3, 0.4) is 0 Å². The van der Waals surface area contributed by atoms with Gasteiger partial charge in [0, 0.05) is 24.5 Å². The van der Waals surface area contributed by atoms with Crippen LogP contribution in [0.25, 0.3) is 0 Å². The molecule has 21 heavy (non-hydrogen) atoms. The zero-order valence-electron chi connectivity index (χ0n) is 11.6. The van der Waals surface area contributed by atoms with Gasteiger partial charge in [-0.25, -0.2) is 0 Å². The summed E-state index contributed by atoms with van der Waals surface area (Å²) in [6, 6.07) is 4.02. The molecule has 1 unspecified atom stereocenters. The van der Waals surface area contributed by atoms with Gasteiger partial charge in [-0.05, 0) is 23.8 Å². The maximum absolute atomic E-state index is 11.8. The maximum atomic E-state index is 11.8. The molecular weight excluding hydrogens is 290 g/mol. The van der Waals surface area contributed by atoms with Crippen LogP contribution >= 0.6 is 11.3 Å². The minimum absolute atomic E-state index is 0.00936. The lowest BCUT2D eigenvalue weighted by Gasteiger charge is -2.06. The Labute approximate surface area is 126 Å². The fourth-order valence-corrected chi connectivity index (χ4v) is 2.95. The Kier molecular flexibility index (Phi) is 4.62. The van der Waals surface area contributed by atoms with Crippen LogP contribution in [0, 0.1) is 5.92 Å². The molecule has 0 radical (unpaired) electrons. The van der Waals surface area contributed by atoms with Gasteiger partial charge in [0.05, 0.1) is 13.0 Å². The van der Waals surface area contributed by atoms with Crippen molar-refractivity contribution in [1.82, 2.24) is 15.5 Å². The van der Waals surface area contributed by atoms with Crippen molar-refractivity contribution >= 4 is 17.2 Å². The van der Waals surface area contributed by atoms with Crippen LogP contribution in [0.15, 0.2) is 22.0 Å². The average Bonchev–Trinajstić information content (AvgIpc) is 3.19. The summed E-state index contributed by atoms with van der Waals surface area (Å²) in [6.45, 7) is 1.75. The van der Waals surface area contributed by atoms with Crippen LogP contribution in [0.5, 0.6) is 0 Å². The summed E-state index contributed by atoms with van der Waals surface area (Å²) in [4.78, 5) is 17.2. The Morgan fingerprint density at radius 2 is 2.48 bits per heavy atom. The van der Waals surface area contributed by atoms with E-state index in [0.29, 0.717) is 43.6 Å². The zero-order valence-corrected chi connectivity index (χ0v) is 12.4. The lowest BCUT2D eigenvalue weighted by Crippen LogP contribution is -2.25. The Bertz CT molecular complexity index is 576. The Morgan fingerprint density at radius 3 is 3.24 bits per heavy atom. The molecule has 1 fully saturated rings. The molecule has 7 heteroatoms. The van der Waals surface area contributed by atoms with Crippen molar-refractivity contribution in [3.63, 3.8) is 0 Å². The minimum Gasteiger partial charge on any atom is -0.381 e. The number of carbonyl (C=O) groups is 1. The van der Waals surface area contributed by atoms with Gasteiger partial charge in [-0.2, -0.15) is 4.98 Å². The molecule has 6 nitrogen and oxygen atoms in total. The highest BCUT2D eigenvalue weighted by Crippen LogP contribution is 2.16. The Balaban J connectivity index is 1.44. The number of hydrogen-bond donors (Lipinski definition) is 1. The van der Waals surface area contributed by atoms with E-state index in [1.54, 1.807) is 11.3 Å². The monoisotopic (exact) mass is 307 g/mol. The first-order chi connectivity index (χ1) is 10.3. The van der Waals surface area contributed by atoms with E-state index in [0.717, 1.165) is 13.0 Å². The number of aromatic nitrogens is 2. The first kappa shape index (κ1) is 14.2. The van der Waals surface area contributed by atoms with E-state index in [2.05, 4.69) is 15.5 Å². The molecule has 0 aliphatic carbocycles. The van der Waals surface area contributed by atoms with Gasteiger partial charge in [0.1, 0.15) is 0 Å². The van der Waals surface area contributed by atoms with Gasteiger partial charge in [-0.1, -0.05) is 11.2 Å². The number of hydrogen-bond acceptors (Lipinski definition) is 6. The molecule has 1 saturated heterocycles. The van der Waals surface area contributed by atoms with Crippen molar-refractivity contribution in [1.29, 1.82) is 0 Å². The number of carbonyl (C=O) groups excluding carboxylic acids is 1. The second-order valence-electron chi connectivity index (χ2n) is 5.07. The molecule has 0 aromatic carbocycles. The molecule has 0 spiro atoms. The van der Waals surface area contributed by atoms with Crippen LogP contribution in [0.1, 0.15) is 29.4 Å². The molecule has 2 aromatic rings.